The Balaban J connectivity index is 2.09. The Morgan fingerprint density at radius 3 is 2.52 bits per heavy atom. The molecule has 25 heavy (non-hydrogen) atoms. The highest BCUT2D eigenvalue weighted by atomic mass is 32.2. The van der Waals surface area contributed by atoms with Crippen LogP contribution in [-0.2, 0) is 16.6 Å². The summed E-state index contributed by atoms with van der Waals surface area (Å²) < 4.78 is 31.8. The van der Waals surface area contributed by atoms with Crippen molar-refractivity contribution in [1.82, 2.24) is 10.0 Å². The smallest absolute Gasteiger partial charge is 0.371 e. The topological polar surface area (TPSA) is 126 Å². The van der Waals surface area contributed by atoms with Crippen LogP contribution < -0.4 is 10.0 Å². The van der Waals surface area contributed by atoms with Crippen molar-refractivity contribution >= 4 is 21.9 Å². The number of amides is 1. The zero-order valence-corrected chi connectivity index (χ0v) is 14.5. The molecule has 0 saturated carbocycles. The molecule has 0 atom stereocenters. The summed E-state index contributed by atoms with van der Waals surface area (Å²) in [5.41, 5.74) is 0.164. The van der Waals surface area contributed by atoms with E-state index in [1.807, 2.05) is 0 Å². The number of carboxylic acid groups (broad SMARTS) is 1. The third-order valence-electron chi connectivity index (χ3n) is 3.09. The van der Waals surface area contributed by atoms with Gasteiger partial charge in [-0.15, -0.1) is 0 Å². The van der Waals surface area contributed by atoms with Crippen LogP contribution in [0.3, 0.4) is 0 Å². The quantitative estimate of drug-likeness (QED) is 0.683. The van der Waals surface area contributed by atoms with Gasteiger partial charge in [0, 0.05) is 11.6 Å². The van der Waals surface area contributed by atoms with E-state index in [2.05, 4.69) is 10.0 Å². The average Bonchev–Trinajstić information content (AvgIpc) is 3.01. The molecular formula is C16H18N2O6S. The van der Waals surface area contributed by atoms with E-state index in [0.717, 1.165) is 0 Å². The number of sulfonamides is 1. The molecule has 8 nitrogen and oxygen atoms in total. The Labute approximate surface area is 144 Å². The predicted octanol–water partition coefficient (Wildman–Crippen LogP) is 1.59. The molecule has 9 heteroatoms. The minimum Gasteiger partial charge on any atom is -0.475 e. The first-order valence-electron chi connectivity index (χ1n) is 7.41. The Bertz CT molecular complexity index is 886. The minimum atomic E-state index is -3.70. The molecular weight excluding hydrogens is 348 g/mol. The van der Waals surface area contributed by atoms with Gasteiger partial charge in [-0.05, 0) is 44.2 Å². The Morgan fingerprint density at radius 2 is 1.92 bits per heavy atom. The van der Waals surface area contributed by atoms with Crippen molar-refractivity contribution in [2.45, 2.75) is 31.3 Å². The van der Waals surface area contributed by atoms with Gasteiger partial charge in [0.1, 0.15) is 5.76 Å². The maximum atomic E-state index is 12.2. The zero-order chi connectivity index (χ0) is 18.6. The number of furan rings is 1. The van der Waals surface area contributed by atoms with E-state index in [4.69, 9.17) is 9.52 Å². The summed E-state index contributed by atoms with van der Waals surface area (Å²) in [6.45, 7) is 3.37. The fourth-order valence-corrected chi connectivity index (χ4v) is 3.34. The lowest BCUT2D eigenvalue weighted by Crippen LogP contribution is -2.30. The monoisotopic (exact) mass is 366 g/mol. The third kappa shape index (κ3) is 4.91. The van der Waals surface area contributed by atoms with Crippen LogP contribution in [0.2, 0.25) is 0 Å². The van der Waals surface area contributed by atoms with Crippen LogP contribution >= 0.6 is 0 Å². The summed E-state index contributed by atoms with van der Waals surface area (Å²) in [6, 6.07) is 8.07. The molecule has 0 fully saturated rings. The summed E-state index contributed by atoms with van der Waals surface area (Å²) in [7, 11) is -3.70. The van der Waals surface area contributed by atoms with E-state index in [0.29, 0.717) is 0 Å². The van der Waals surface area contributed by atoms with Crippen LogP contribution in [0.25, 0.3) is 0 Å². The second kappa shape index (κ2) is 7.49. The standard InChI is InChI=1S/C16H18N2O6S/c1-10(2)18-25(22,23)13-5-3-4-11(8-13)15(19)17-9-12-6-7-14(24-12)16(20)21/h3-8,10,18H,9H2,1-2H3,(H,17,19)(H,20,21). The van der Waals surface area contributed by atoms with E-state index in [1.165, 1.54) is 36.4 Å². The van der Waals surface area contributed by atoms with Crippen molar-refractivity contribution in [2.75, 3.05) is 0 Å². The van der Waals surface area contributed by atoms with Crippen LogP contribution in [0.4, 0.5) is 0 Å². The molecule has 0 spiro atoms. The zero-order valence-electron chi connectivity index (χ0n) is 13.6. The van der Waals surface area contributed by atoms with Gasteiger partial charge in [-0.3, -0.25) is 4.79 Å². The van der Waals surface area contributed by atoms with Crippen molar-refractivity contribution < 1.29 is 27.5 Å². The molecule has 0 aliphatic heterocycles. The fourth-order valence-electron chi connectivity index (χ4n) is 2.04. The molecule has 1 amide bonds. The number of hydrogen-bond donors (Lipinski definition) is 3. The lowest BCUT2D eigenvalue weighted by Gasteiger charge is -2.10. The molecule has 1 aromatic heterocycles. The summed E-state index contributed by atoms with van der Waals surface area (Å²) in [5, 5.41) is 11.3. The first-order valence-corrected chi connectivity index (χ1v) is 8.90. The lowest BCUT2D eigenvalue weighted by molar-refractivity contribution is 0.0660. The van der Waals surface area contributed by atoms with E-state index in [1.54, 1.807) is 13.8 Å². The largest absolute Gasteiger partial charge is 0.475 e. The Kier molecular flexibility index (Phi) is 5.60. The van der Waals surface area contributed by atoms with Crippen molar-refractivity contribution in [3.63, 3.8) is 0 Å². The molecule has 2 aromatic rings. The van der Waals surface area contributed by atoms with Gasteiger partial charge < -0.3 is 14.8 Å². The predicted molar refractivity (Wildman–Crippen MR) is 88.7 cm³/mol. The van der Waals surface area contributed by atoms with Gasteiger partial charge in [0.25, 0.3) is 5.91 Å². The fraction of sp³-hybridized carbons (Fsp3) is 0.250. The van der Waals surface area contributed by atoms with Gasteiger partial charge in [0.15, 0.2) is 0 Å². The maximum Gasteiger partial charge on any atom is 0.371 e. The average molecular weight is 366 g/mol. The van der Waals surface area contributed by atoms with Crippen molar-refractivity contribution in [1.29, 1.82) is 0 Å². The molecule has 1 aromatic carbocycles. The number of carbonyl (C=O) groups excluding carboxylic acids is 1. The van der Waals surface area contributed by atoms with Crippen LogP contribution in [-0.4, -0.2) is 31.4 Å². The van der Waals surface area contributed by atoms with Gasteiger partial charge in [0.2, 0.25) is 15.8 Å². The van der Waals surface area contributed by atoms with Crippen LogP contribution in [0.1, 0.15) is 40.5 Å². The third-order valence-corrected chi connectivity index (χ3v) is 4.75. The highest BCUT2D eigenvalue weighted by Gasteiger charge is 2.17. The number of carbonyl (C=O) groups is 2. The highest BCUT2D eigenvalue weighted by Crippen LogP contribution is 2.13. The van der Waals surface area contributed by atoms with Crippen LogP contribution in [0.5, 0.6) is 0 Å². The van der Waals surface area contributed by atoms with Crippen molar-refractivity contribution in [3.8, 4) is 0 Å². The molecule has 1 heterocycles. The van der Waals surface area contributed by atoms with Gasteiger partial charge >= 0.3 is 5.97 Å². The number of nitrogens with one attached hydrogen (secondary N) is 2. The maximum absolute atomic E-state index is 12.2. The molecule has 0 bridgehead atoms. The second-order valence-electron chi connectivity index (χ2n) is 5.56. The van der Waals surface area contributed by atoms with Crippen molar-refractivity contribution in [3.05, 3.63) is 53.5 Å². The summed E-state index contributed by atoms with van der Waals surface area (Å²) >= 11 is 0. The van der Waals surface area contributed by atoms with E-state index in [9.17, 15) is 18.0 Å². The first kappa shape index (κ1) is 18.7. The molecule has 0 unspecified atom stereocenters. The van der Waals surface area contributed by atoms with Crippen LogP contribution in [0, 0.1) is 0 Å². The second-order valence-corrected chi connectivity index (χ2v) is 7.27. The van der Waals surface area contributed by atoms with E-state index in [-0.39, 0.29) is 34.6 Å². The van der Waals surface area contributed by atoms with Gasteiger partial charge in [-0.2, -0.15) is 0 Å². The first-order chi connectivity index (χ1) is 11.7. The van der Waals surface area contributed by atoms with Gasteiger partial charge in [-0.25, -0.2) is 17.9 Å². The number of benzene rings is 1. The minimum absolute atomic E-state index is 0.0139. The number of hydrogen-bond acceptors (Lipinski definition) is 5. The molecule has 0 aliphatic rings. The molecule has 2 rings (SSSR count). The number of rotatable bonds is 7. The highest BCUT2D eigenvalue weighted by molar-refractivity contribution is 7.89. The molecule has 134 valence electrons. The molecule has 0 radical (unpaired) electrons. The lowest BCUT2D eigenvalue weighted by atomic mass is 10.2. The molecule has 0 aliphatic carbocycles. The summed E-state index contributed by atoms with van der Waals surface area (Å²) in [5.74, 6) is -1.66. The number of carboxylic acids is 1. The van der Waals surface area contributed by atoms with E-state index >= 15 is 0 Å². The molecule has 3 N–H and O–H groups in total. The Hall–Kier alpha value is -2.65. The van der Waals surface area contributed by atoms with Crippen molar-refractivity contribution in [2.24, 2.45) is 0 Å². The normalized spacial score (nSPS) is 11.5. The Morgan fingerprint density at radius 1 is 1.20 bits per heavy atom. The molecule has 0 saturated heterocycles. The van der Waals surface area contributed by atoms with Crippen LogP contribution in [0.15, 0.2) is 45.7 Å². The van der Waals surface area contributed by atoms with E-state index < -0.39 is 21.9 Å². The summed E-state index contributed by atoms with van der Waals surface area (Å²) in [6.07, 6.45) is 0. The number of aromatic carboxylic acids is 1. The van der Waals surface area contributed by atoms with Gasteiger partial charge in [-0.1, -0.05) is 6.07 Å². The summed E-state index contributed by atoms with van der Waals surface area (Å²) in [4.78, 5) is 22.9. The SMILES string of the molecule is CC(C)NS(=O)(=O)c1cccc(C(=O)NCc2ccc(C(=O)O)o2)c1. The van der Waals surface area contributed by atoms with Gasteiger partial charge in [0.05, 0.1) is 11.4 Å².